The fourth-order valence-corrected chi connectivity index (χ4v) is 3.21. The minimum Gasteiger partial charge on any atom is -0.497 e. The minimum absolute atomic E-state index is 0.285. The van der Waals surface area contributed by atoms with E-state index >= 15 is 0 Å². The Bertz CT molecular complexity index is 711. The van der Waals surface area contributed by atoms with Crippen molar-refractivity contribution in [3.8, 4) is 5.75 Å². The third kappa shape index (κ3) is 3.31. The fourth-order valence-electron chi connectivity index (χ4n) is 3.21. The van der Waals surface area contributed by atoms with Crippen molar-refractivity contribution >= 4 is 11.0 Å². The summed E-state index contributed by atoms with van der Waals surface area (Å²) in [6, 6.07) is 7.34. The molecule has 0 bridgehead atoms. The minimum atomic E-state index is -0.285. The van der Waals surface area contributed by atoms with Gasteiger partial charge in [0.05, 0.1) is 27.2 Å². The van der Waals surface area contributed by atoms with Gasteiger partial charge in [-0.1, -0.05) is 0 Å². The van der Waals surface area contributed by atoms with E-state index in [1.165, 1.54) is 19.5 Å². The van der Waals surface area contributed by atoms with Gasteiger partial charge in [0.25, 0.3) is 0 Å². The predicted octanol–water partition coefficient (Wildman–Crippen LogP) is -0.895. The molecule has 1 aromatic carbocycles. The van der Waals surface area contributed by atoms with Crippen molar-refractivity contribution in [3.05, 3.63) is 40.2 Å². The molecular weight excluding hydrogens is 280 g/mol. The Balaban J connectivity index is 1.91. The Hall–Kier alpha value is -1.85. The van der Waals surface area contributed by atoms with Crippen molar-refractivity contribution in [3.63, 3.8) is 0 Å². The van der Waals surface area contributed by atoms with Crippen LogP contribution in [0.25, 0.3) is 11.0 Å². The highest BCUT2D eigenvalue weighted by molar-refractivity contribution is 5.81. The van der Waals surface area contributed by atoms with E-state index in [1.54, 1.807) is 29.0 Å². The molecule has 0 radical (unpaired) electrons. The molecule has 1 fully saturated rings. The first-order valence-electron chi connectivity index (χ1n) is 7.91. The van der Waals surface area contributed by atoms with Gasteiger partial charge < -0.3 is 19.0 Å². The summed E-state index contributed by atoms with van der Waals surface area (Å²) in [7, 11) is 3.87. The van der Waals surface area contributed by atoms with Crippen molar-refractivity contribution in [1.82, 2.24) is 0 Å². The fraction of sp³-hybridized carbons (Fsp3) is 0.471. The average molecular weight is 304 g/mol. The van der Waals surface area contributed by atoms with Gasteiger partial charge in [-0.25, -0.2) is 4.79 Å². The van der Waals surface area contributed by atoms with Crippen molar-refractivity contribution in [2.24, 2.45) is 0 Å². The van der Waals surface area contributed by atoms with Gasteiger partial charge in [-0.15, -0.1) is 0 Å². The summed E-state index contributed by atoms with van der Waals surface area (Å²) in [6.45, 7) is 5.60. The average Bonchev–Trinajstić information content (AvgIpc) is 2.71. The molecule has 0 saturated carbocycles. The molecule has 22 heavy (non-hydrogen) atoms. The van der Waals surface area contributed by atoms with Gasteiger partial charge >= 0.3 is 5.63 Å². The van der Waals surface area contributed by atoms with E-state index in [4.69, 9.17) is 9.15 Å². The number of likely N-dealkylation sites (N-methyl/N-ethyl adjacent to an activating group) is 1. The van der Waals surface area contributed by atoms with Crippen LogP contribution in [0.4, 0.5) is 0 Å². The summed E-state index contributed by atoms with van der Waals surface area (Å²) in [5.74, 6) is 0.708. The van der Waals surface area contributed by atoms with Crippen LogP contribution in [0.15, 0.2) is 33.5 Å². The first-order chi connectivity index (χ1) is 10.7. The van der Waals surface area contributed by atoms with Gasteiger partial charge in [0, 0.05) is 29.5 Å². The lowest BCUT2D eigenvalue weighted by atomic mass is 10.1. The molecule has 2 aromatic rings. The van der Waals surface area contributed by atoms with E-state index in [2.05, 4.69) is 7.05 Å². The summed E-state index contributed by atoms with van der Waals surface area (Å²) in [6.07, 6.45) is 1.23. The molecule has 2 unspecified atom stereocenters. The highest BCUT2D eigenvalue weighted by Crippen LogP contribution is 2.22. The zero-order valence-corrected chi connectivity index (χ0v) is 13.3. The number of methoxy groups -OCH3 is 1. The van der Waals surface area contributed by atoms with Crippen LogP contribution in [0.1, 0.15) is 12.0 Å². The van der Waals surface area contributed by atoms with E-state index < -0.39 is 0 Å². The van der Waals surface area contributed by atoms with Crippen LogP contribution < -0.4 is 20.2 Å². The molecule has 2 atom stereocenters. The van der Waals surface area contributed by atoms with Crippen LogP contribution in [0.3, 0.4) is 0 Å². The number of ether oxygens (including phenoxy) is 1. The highest BCUT2D eigenvalue weighted by Gasteiger charge is 2.19. The Morgan fingerprint density at radius 1 is 1.18 bits per heavy atom. The molecule has 0 amide bonds. The third-order valence-corrected chi connectivity index (χ3v) is 4.52. The second-order valence-electron chi connectivity index (χ2n) is 6.19. The lowest BCUT2D eigenvalue weighted by molar-refractivity contribution is -0.938. The lowest BCUT2D eigenvalue weighted by Gasteiger charge is -2.17. The topological polar surface area (TPSA) is 48.3 Å². The van der Waals surface area contributed by atoms with Crippen molar-refractivity contribution in [2.75, 3.05) is 40.3 Å². The summed E-state index contributed by atoms with van der Waals surface area (Å²) in [4.78, 5) is 15.0. The lowest BCUT2D eigenvalue weighted by Crippen LogP contribution is -3.15. The molecule has 5 nitrogen and oxygen atoms in total. The second-order valence-corrected chi connectivity index (χ2v) is 6.19. The molecule has 1 saturated heterocycles. The number of benzene rings is 1. The van der Waals surface area contributed by atoms with E-state index in [1.807, 2.05) is 12.1 Å². The van der Waals surface area contributed by atoms with E-state index in [9.17, 15) is 4.79 Å². The van der Waals surface area contributed by atoms with Crippen LogP contribution >= 0.6 is 0 Å². The molecule has 2 heterocycles. The number of hydrogen-bond donors (Lipinski definition) is 2. The molecule has 1 aromatic heterocycles. The number of nitrogens with one attached hydrogen (secondary N) is 2. The Kier molecular flexibility index (Phi) is 4.45. The normalized spacial score (nSPS) is 22.5. The standard InChI is InChI=1S/C17H22N2O3/c1-18-6-3-7-19(9-8-18)12-13-10-17(20)22-16-11-14(21-2)4-5-15(13)16/h4-5,10-11H,3,6-9,12H2,1-2H3/p+2. The Morgan fingerprint density at radius 3 is 2.86 bits per heavy atom. The largest absolute Gasteiger partial charge is 0.497 e. The maximum atomic E-state index is 11.8. The summed E-state index contributed by atoms with van der Waals surface area (Å²) >= 11 is 0. The van der Waals surface area contributed by atoms with E-state index in [0.29, 0.717) is 11.3 Å². The molecular formula is C17H24N2O3+2. The van der Waals surface area contributed by atoms with Crippen molar-refractivity contribution in [1.29, 1.82) is 0 Å². The third-order valence-electron chi connectivity index (χ3n) is 4.52. The number of rotatable bonds is 3. The van der Waals surface area contributed by atoms with Gasteiger partial charge in [-0.3, -0.25) is 0 Å². The molecule has 1 aliphatic rings. The van der Waals surface area contributed by atoms with Gasteiger partial charge in [-0.05, 0) is 12.1 Å². The Labute approximate surface area is 130 Å². The molecule has 0 aliphatic carbocycles. The maximum absolute atomic E-state index is 11.8. The van der Waals surface area contributed by atoms with Gasteiger partial charge in [0.15, 0.2) is 0 Å². The van der Waals surface area contributed by atoms with Crippen LogP contribution in [-0.4, -0.2) is 40.3 Å². The van der Waals surface area contributed by atoms with Crippen LogP contribution in [0.5, 0.6) is 5.75 Å². The first-order valence-corrected chi connectivity index (χ1v) is 7.91. The molecule has 1 aliphatic heterocycles. The quantitative estimate of drug-likeness (QED) is 0.723. The molecule has 3 rings (SSSR count). The SMILES string of the molecule is COc1ccc2c(C[NH+]3CCC[NH+](C)CC3)cc(=O)oc2c1. The van der Waals surface area contributed by atoms with E-state index in [-0.39, 0.29) is 5.63 Å². The highest BCUT2D eigenvalue weighted by atomic mass is 16.5. The van der Waals surface area contributed by atoms with Crippen LogP contribution in [0, 0.1) is 0 Å². The van der Waals surface area contributed by atoms with Crippen LogP contribution in [-0.2, 0) is 6.54 Å². The van der Waals surface area contributed by atoms with Crippen molar-refractivity contribution < 1.29 is 19.0 Å². The predicted molar refractivity (Wildman–Crippen MR) is 84.7 cm³/mol. The van der Waals surface area contributed by atoms with Crippen molar-refractivity contribution in [2.45, 2.75) is 13.0 Å². The van der Waals surface area contributed by atoms with Gasteiger partial charge in [0.2, 0.25) is 0 Å². The van der Waals surface area contributed by atoms with Gasteiger partial charge in [0.1, 0.15) is 31.0 Å². The molecule has 0 spiro atoms. The number of fused-ring (bicyclic) bond motifs is 1. The summed E-state index contributed by atoms with van der Waals surface area (Å²) in [5, 5.41) is 1.01. The Morgan fingerprint density at radius 2 is 2.05 bits per heavy atom. The van der Waals surface area contributed by atoms with Crippen LogP contribution in [0.2, 0.25) is 0 Å². The molecule has 5 heteroatoms. The maximum Gasteiger partial charge on any atom is 0.336 e. The first kappa shape index (κ1) is 15.1. The summed E-state index contributed by atoms with van der Waals surface area (Å²) < 4.78 is 10.5. The van der Waals surface area contributed by atoms with Gasteiger partial charge in [-0.2, -0.15) is 0 Å². The second kappa shape index (κ2) is 6.50. The monoisotopic (exact) mass is 304 g/mol. The molecule has 118 valence electrons. The molecule has 2 N–H and O–H groups in total. The zero-order chi connectivity index (χ0) is 15.5. The van der Waals surface area contributed by atoms with E-state index in [0.717, 1.165) is 30.6 Å². The number of hydrogen-bond acceptors (Lipinski definition) is 3. The zero-order valence-electron chi connectivity index (χ0n) is 13.3. The smallest absolute Gasteiger partial charge is 0.336 e. The summed E-state index contributed by atoms with van der Waals surface area (Å²) in [5.41, 5.74) is 1.40. The number of quaternary nitrogens is 2.